The van der Waals surface area contributed by atoms with Crippen LogP contribution in [0.5, 0.6) is 0 Å². The smallest absolute Gasteiger partial charge is 0 e. The first kappa shape index (κ1) is 21.8. The van der Waals surface area contributed by atoms with Crippen molar-refractivity contribution in [1.29, 1.82) is 0 Å². The summed E-state index contributed by atoms with van der Waals surface area (Å²) >= 11 is 0. The van der Waals surface area contributed by atoms with Crippen molar-refractivity contribution in [1.82, 2.24) is 0 Å². The van der Waals surface area contributed by atoms with Gasteiger partial charge in [-0.15, -0.1) is 41.0 Å². The molecule has 2 aromatic carbocycles. The molecule has 130 valence electrons. The second-order valence-corrected chi connectivity index (χ2v) is 6.08. The molecular formula is C24H27Hf-3. The molecule has 4 rings (SSSR count). The molecule has 1 heteroatoms. The van der Waals surface area contributed by atoms with Gasteiger partial charge in [0.1, 0.15) is 0 Å². The number of allylic oxidation sites excluding steroid dienone is 4. The molecule has 2 aliphatic carbocycles. The minimum Gasteiger partial charge on any atom is -0.335 e. The van der Waals surface area contributed by atoms with Gasteiger partial charge in [0, 0.05) is 25.8 Å². The van der Waals surface area contributed by atoms with Crippen LogP contribution in [0, 0.1) is 18.9 Å². The molecule has 0 saturated heterocycles. The average Bonchev–Trinajstić information content (AvgIpc) is 3.23. The van der Waals surface area contributed by atoms with Gasteiger partial charge in [-0.25, -0.2) is 0 Å². The van der Waals surface area contributed by atoms with Gasteiger partial charge in [0.05, 0.1) is 0 Å². The summed E-state index contributed by atoms with van der Waals surface area (Å²) in [7, 11) is 0. The monoisotopic (exact) mass is 495 g/mol. The molecule has 2 aliphatic rings. The fourth-order valence-corrected chi connectivity index (χ4v) is 2.89. The van der Waals surface area contributed by atoms with Crippen molar-refractivity contribution >= 4 is 5.57 Å². The van der Waals surface area contributed by atoms with Crippen LogP contribution in [0.25, 0.3) is 16.7 Å². The van der Waals surface area contributed by atoms with Crippen LogP contribution in [-0.4, -0.2) is 0 Å². The zero-order chi connectivity index (χ0) is 17.4. The van der Waals surface area contributed by atoms with Crippen LogP contribution in [0.2, 0.25) is 0 Å². The number of benzene rings is 2. The number of fused-ring (bicyclic) bond motifs is 3. The molecule has 0 N–H and O–H groups in total. The molecule has 0 radical (unpaired) electrons. The van der Waals surface area contributed by atoms with Crippen molar-refractivity contribution in [2.45, 2.75) is 40.5 Å². The minimum absolute atomic E-state index is 0. The van der Waals surface area contributed by atoms with Crippen LogP contribution in [0.1, 0.15) is 50.8 Å². The maximum absolute atomic E-state index is 3.61. The molecule has 0 aliphatic heterocycles. The second kappa shape index (κ2) is 11.4. The second-order valence-electron chi connectivity index (χ2n) is 6.08. The Morgan fingerprint density at radius 2 is 1.56 bits per heavy atom. The molecule has 0 bridgehead atoms. The molecule has 0 saturated carbocycles. The van der Waals surface area contributed by atoms with Gasteiger partial charge in [0.2, 0.25) is 0 Å². The van der Waals surface area contributed by atoms with E-state index in [2.05, 4.69) is 60.7 Å². The summed E-state index contributed by atoms with van der Waals surface area (Å²) in [6, 6.07) is 16.7. The first-order valence-corrected chi connectivity index (χ1v) is 8.72. The SMILES string of the molecule is C[CH-]C.C[CH-]C.[Hf].[c-]1c(C2=CC=CC2)ccc2c1Cc1ccccc1-2. The molecule has 25 heavy (non-hydrogen) atoms. The predicted octanol–water partition coefficient (Wildman–Crippen LogP) is 6.86. The summed E-state index contributed by atoms with van der Waals surface area (Å²) in [4.78, 5) is 0. The van der Waals surface area contributed by atoms with E-state index >= 15 is 0 Å². The van der Waals surface area contributed by atoms with Gasteiger partial charge < -0.3 is 12.8 Å². The largest absolute Gasteiger partial charge is 0.335 e. The standard InChI is InChI=1S/C18H13.2C3H7.Hf/c1-2-6-13(5-1)14-9-10-18-16(11-14)12-15-7-3-4-8-17(15)18;2*1-3-2;/h1-5,7-10H,6,12H2;2*3H,1-2H3;/q3*-1;. The normalized spacial score (nSPS) is 12.6. The molecule has 0 amide bonds. The quantitative estimate of drug-likeness (QED) is 0.256. The number of hydrogen-bond donors (Lipinski definition) is 0. The van der Waals surface area contributed by atoms with Crippen molar-refractivity contribution in [2.24, 2.45) is 0 Å². The van der Waals surface area contributed by atoms with E-state index < -0.39 is 0 Å². The zero-order valence-corrected chi connectivity index (χ0v) is 19.4. The summed E-state index contributed by atoms with van der Waals surface area (Å²) in [5.74, 6) is 0. The predicted molar refractivity (Wildman–Crippen MR) is 107 cm³/mol. The van der Waals surface area contributed by atoms with E-state index in [0.717, 1.165) is 12.8 Å². The van der Waals surface area contributed by atoms with Crippen LogP contribution in [-0.2, 0) is 32.3 Å². The molecule has 2 aromatic rings. The Bertz CT molecular complexity index is 721. The van der Waals surface area contributed by atoms with Crippen LogP contribution in [0.4, 0.5) is 0 Å². The first-order chi connectivity index (χ1) is 11.7. The average molecular weight is 494 g/mol. The van der Waals surface area contributed by atoms with Crippen molar-refractivity contribution in [3.8, 4) is 11.1 Å². The van der Waals surface area contributed by atoms with Gasteiger partial charge in [0.15, 0.2) is 0 Å². The van der Waals surface area contributed by atoms with Crippen LogP contribution < -0.4 is 0 Å². The van der Waals surface area contributed by atoms with Crippen molar-refractivity contribution < 1.29 is 25.8 Å². The Morgan fingerprint density at radius 3 is 2.20 bits per heavy atom. The summed E-state index contributed by atoms with van der Waals surface area (Å²) in [6.07, 6.45) is 12.6. The Labute approximate surface area is 172 Å². The van der Waals surface area contributed by atoms with Crippen molar-refractivity contribution in [3.63, 3.8) is 0 Å². The third-order valence-corrected chi connectivity index (χ3v) is 3.82. The van der Waals surface area contributed by atoms with Gasteiger partial charge >= 0.3 is 0 Å². The molecule has 0 aromatic heterocycles. The van der Waals surface area contributed by atoms with E-state index in [1.807, 2.05) is 40.5 Å². The molecule has 0 heterocycles. The van der Waals surface area contributed by atoms with Gasteiger partial charge in [-0.1, -0.05) is 47.5 Å². The maximum atomic E-state index is 3.61. The van der Waals surface area contributed by atoms with Gasteiger partial charge in [-0.05, 0) is 18.4 Å². The van der Waals surface area contributed by atoms with E-state index in [4.69, 9.17) is 0 Å². The zero-order valence-electron chi connectivity index (χ0n) is 15.8. The van der Waals surface area contributed by atoms with E-state index in [9.17, 15) is 0 Å². The molecule has 0 atom stereocenters. The van der Waals surface area contributed by atoms with E-state index in [1.165, 1.54) is 33.4 Å². The van der Waals surface area contributed by atoms with Crippen molar-refractivity contribution in [3.05, 3.63) is 90.2 Å². The summed E-state index contributed by atoms with van der Waals surface area (Å²) in [6.45, 7) is 8.00. The Morgan fingerprint density at radius 1 is 0.880 bits per heavy atom. The van der Waals surface area contributed by atoms with Crippen LogP contribution in [0.3, 0.4) is 0 Å². The molecule has 0 spiro atoms. The van der Waals surface area contributed by atoms with Gasteiger partial charge in [0.25, 0.3) is 0 Å². The van der Waals surface area contributed by atoms with Crippen molar-refractivity contribution in [2.75, 3.05) is 0 Å². The van der Waals surface area contributed by atoms with Gasteiger partial charge in [-0.2, -0.15) is 27.7 Å². The van der Waals surface area contributed by atoms with Gasteiger partial charge in [-0.3, -0.25) is 0 Å². The Kier molecular flexibility index (Phi) is 9.97. The third-order valence-electron chi connectivity index (χ3n) is 3.82. The number of hydrogen-bond acceptors (Lipinski definition) is 0. The van der Waals surface area contributed by atoms with E-state index in [0.29, 0.717) is 0 Å². The topological polar surface area (TPSA) is 0 Å². The third kappa shape index (κ3) is 5.64. The van der Waals surface area contributed by atoms with Crippen LogP contribution >= 0.6 is 0 Å². The minimum atomic E-state index is 0. The summed E-state index contributed by atoms with van der Waals surface area (Å²) < 4.78 is 0. The fraction of sp³-hybridized carbons (Fsp3) is 0.250. The molecule has 0 unspecified atom stereocenters. The Balaban J connectivity index is 0.000000398. The maximum Gasteiger partial charge on any atom is 0 e. The van der Waals surface area contributed by atoms with E-state index in [-0.39, 0.29) is 25.8 Å². The summed E-state index contributed by atoms with van der Waals surface area (Å²) in [5, 5.41) is 0. The fourth-order valence-electron chi connectivity index (χ4n) is 2.89. The molecule has 0 fully saturated rings. The Hall–Kier alpha value is -1.21. The first-order valence-electron chi connectivity index (χ1n) is 8.72. The van der Waals surface area contributed by atoms with Crippen LogP contribution in [0.15, 0.2) is 54.6 Å². The summed E-state index contributed by atoms with van der Waals surface area (Å²) in [5.41, 5.74) is 8.16. The molecule has 0 nitrogen and oxygen atoms in total. The number of rotatable bonds is 1. The molecular weight excluding hydrogens is 467 g/mol. The van der Waals surface area contributed by atoms with E-state index in [1.54, 1.807) is 0 Å².